The van der Waals surface area contributed by atoms with Crippen LogP contribution in [0.2, 0.25) is 0 Å². The van der Waals surface area contributed by atoms with Crippen LogP contribution in [0.5, 0.6) is 0 Å². The van der Waals surface area contributed by atoms with Crippen LogP contribution in [0.3, 0.4) is 0 Å². The van der Waals surface area contributed by atoms with Crippen LogP contribution in [0.15, 0.2) is 29.9 Å². The van der Waals surface area contributed by atoms with E-state index in [1.807, 2.05) is 0 Å². The number of fused-ring (bicyclic) bond motifs is 1. The van der Waals surface area contributed by atoms with Crippen LogP contribution in [0.25, 0.3) is 10.2 Å². The number of rotatable bonds is 4. The second kappa shape index (κ2) is 7.36. The van der Waals surface area contributed by atoms with Gasteiger partial charge in [-0.15, -0.1) is 22.7 Å². The van der Waals surface area contributed by atoms with Crippen molar-refractivity contribution in [2.75, 3.05) is 11.9 Å². The molecule has 2 N–H and O–H groups in total. The van der Waals surface area contributed by atoms with Crippen molar-refractivity contribution in [1.82, 2.24) is 15.3 Å². The molecule has 0 spiro atoms. The third-order valence-electron chi connectivity index (χ3n) is 3.01. The quantitative estimate of drug-likeness (QED) is 0.724. The Hall–Kier alpha value is -2.85. The van der Waals surface area contributed by atoms with Crippen LogP contribution in [-0.4, -0.2) is 34.5 Å². The molecule has 0 atom stereocenters. The molecule has 3 aromatic rings. The Bertz CT molecular complexity index is 917. The van der Waals surface area contributed by atoms with Crippen LogP contribution in [0.4, 0.5) is 9.80 Å². The minimum absolute atomic E-state index is 0.152. The number of pyridine rings is 1. The van der Waals surface area contributed by atoms with Gasteiger partial charge in [0, 0.05) is 12.4 Å². The first kappa shape index (κ1) is 17.0. The number of hydrogen-bond donors (Lipinski definition) is 2. The van der Waals surface area contributed by atoms with Gasteiger partial charge in [0.1, 0.15) is 5.00 Å². The van der Waals surface area contributed by atoms with E-state index in [9.17, 15) is 14.4 Å². The van der Waals surface area contributed by atoms with Gasteiger partial charge in [-0.25, -0.2) is 9.78 Å². The number of carbonyl (C=O) groups excluding carboxylic acids is 3. The fraction of sp³-hybridized carbons (Fsp3) is 0.133. The lowest BCUT2D eigenvalue weighted by molar-refractivity contribution is 0.0926. The molecule has 3 aromatic heterocycles. The van der Waals surface area contributed by atoms with Gasteiger partial charge in [0.25, 0.3) is 11.8 Å². The molecule has 0 unspecified atom stereocenters. The van der Waals surface area contributed by atoms with E-state index in [-0.39, 0.29) is 17.2 Å². The van der Waals surface area contributed by atoms with E-state index in [1.54, 1.807) is 30.8 Å². The maximum Gasteiger partial charge on any atom is 0.414 e. The van der Waals surface area contributed by atoms with Crippen LogP contribution >= 0.6 is 22.7 Å². The Morgan fingerprint density at radius 2 is 2.08 bits per heavy atom. The molecule has 0 aliphatic rings. The van der Waals surface area contributed by atoms with Crippen molar-refractivity contribution in [3.05, 3.63) is 40.5 Å². The highest BCUT2D eigenvalue weighted by Gasteiger charge is 2.20. The van der Waals surface area contributed by atoms with Crippen molar-refractivity contribution < 1.29 is 19.1 Å². The van der Waals surface area contributed by atoms with Gasteiger partial charge in [0.05, 0.1) is 22.4 Å². The number of carbonyl (C=O) groups is 3. The summed E-state index contributed by atoms with van der Waals surface area (Å²) in [7, 11) is 0. The van der Waals surface area contributed by atoms with Crippen LogP contribution in [-0.2, 0) is 4.74 Å². The first-order chi connectivity index (χ1) is 12.1. The van der Waals surface area contributed by atoms with Gasteiger partial charge < -0.3 is 10.1 Å². The van der Waals surface area contributed by atoms with Crippen molar-refractivity contribution in [1.29, 1.82) is 0 Å². The number of anilines is 1. The molecule has 0 aliphatic carbocycles. The normalized spacial score (nSPS) is 10.4. The maximum atomic E-state index is 12.4. The number of imide groups is 1. The monoisotopic (exact) mass is 376 g/mol. The summed E-state index contributed by atoms with van der Waals surface area (Å²) in [5.41, 5.74) is 0.853. The smallest absolute Gasteiger partial charge is 0.414 e. The molecular formula is C15H12N4O4S2. The number of hydrogen-bond acceptors (Lipinski definition) is 8. The van der Waals surface area contributed by atoms with Gasteiger partial charge in [0.15, 0.2) is 5.01 Å². The Kier molecular flexibility index (Phi) is 5.00. The summed E-state index contributed by atoms with van der Waals surface area (Å²) in [6.07, 6.45) is 2.39. The van der Waals surface area contributed by atoms with Crippen molar-refractivity contribution in [2.24, 2.45) is 0 Å². The average Bonchev–Trinajstić information content (AvgIpc) is 3.21. The maximum absolute atomic E-state index is 12.4. The largest absolute Gasteiger partial charge is 0.450 e. The van der Waals surface area contributed by atoms with E-state index in [0.29, 0.717) is 10.5 Å². The second-order valence-corrected chi connectivity index (χ2v) is 6.60. The van der Waals surface area contributed by atoms with E-state index in [1.165, 1.54) is 28.7 Å². The number of ether oxygens (including phenoxy) is 1. The Labute approximate surface area is 149 Å². The Morgan fingerprint density at radius 3 is 2.84 bits per heavy atom. The van der Waals surface area contributed by atoms with Crippen molar-refractivity contribution >= 4 is 55.8 Å². The zero-order valence-corrected chi connectivity index (χ0v) is 14.6. The summed E-state index contributed by atoms with van der Waals surface area (Å²) >= 11 is 2.37. The number of thiazole rings is 1. The first-order valence-corrected chi connectivity index (χ1v) is 8.85. The fourth-order valence-electron chi connectivity index (χ4n) is 1.95. The highest BCUT2D eigenvalue weighted by atomic mass is 32.1. The molecule has 3 heterocycles. The summed E-state index contributed by atoms with van der Waals surface area (Å²) in [6, 6.07) is 3.23. The molecule has 0 saturated carbocycles. The zero-order valence-electron chi connectivity index (χ0n) is 12.9. The second-order valence-electron chi connectivity index (χ2n) is 4.65. The lowest BCUT2D eigenvalue weighted by Crippen LogP contribution is -2.31. The van der Waals surface area contributed by atoms with Crippen LogP contribution < -0.4 is 10.6 Å². The minimum atomic E-state index is -0.838. The molecule has 0 radical (unpaired) electrons. The predicted octanol–water partition coefficient (Wildman–Crippen LogP) is 2.89. The number of nitrogens with zero attached hydrogens (tertiary/aromatic N) is 2. The van der Waals surface area contributed by atoms with E-state index < -0.39 is 17.9 Å². The summed E-state index contributed by atoms with van der Waals surface area (Å²) < 4.78 is 5.46. The number of nitrogens with one attached hydrogen (secondary N) is 2. The Morgan fingerprint density at radius 1 is 1.24 bits per heavy atom. The molecule has 3 rings (SSSR count). The lowest BCUT2D eigenvalue weighted by Gasteiger charge is -2.06. The van der Waals surface area contributed by atoms with Gasteiger partial charge >= 0.3 is 6.09 Å². The number of amides is 3. The molecule has 3 amide bonds. The van der Waals surface area contributed by atoms with Gasteiger partial charge in [-0.3, -0.25) is 19.9 Å². The van der Waals surface area contributed by atoms with Crippen molar-refractivity contribution in [3.63, 3.8) is 0 Å². The average molecular weight is 376 g/mol. The van der Waals surface area contributed by atoms with Gasteiger partial charge in [0.2, 0.25) is 0 Å². The molecular weight excluding hydrogens is 364 g/mol. The molecule has 0 aliphatic heterocycles. The highest BCUT2D eigenvalue weighted by molar-refractivity contribution is 7.20. The minimum Gasteiger partial charge on any atom is -0.450 e. The molecule has 0 bridgehead atoms. The predicted molar refractivity (Wildman–Crippen MR) is 94.2 cm³/mol. The third-order valence-corrected chi connectivity index (χ3v) is 4.85. The fourth-order valence-corrected chi connectivity index (χ4v) is 3.55. The standard InChI is InChI=1S/C15H12N4O4S2/c1-2-23-15(22)19-11(20)8-4-6-24-13(8)18-12(21)14-17-9-3-5-16-7-10(9)25-14/h3-7H,2H2,1H3,(H,18,21)(H,19,20,22). The molecule has 25 heavy (non-hydrogen) atoms. The summed E-state index contributed by atoms with van der Waals surface area (Å²) in [5, 5.41) is 6.96. The molecule has 10 heteroatoms. The van der Waals surface area contributed by atoms with E-state index in [4.69, 9.17) is 0 Å². The van der Waals surface area contributed by atoms with E-state index in [2.05, 4.69) is 25.3 Å². The van der Waals surface area contributed by atoms with Gasteiger partial charge in [-0.1, -0.05) is 0 Å². The van der Waals surface area contributed by atoms with Crippen LogP contribution in [0.1, 0.15) is 27.1 Å². The van der Waals surface area contributed by atoms with E-state index in [0.717, 1.165) is 4.70 Å². The van der Waals surface area contributed by atoms with Crippen molar-refractivity contribution in [3.8, 4) is 0 Å². The van der Waals surface area contributed by atoms with Gasteiger partial charge in [-0.2, -0.15) is 0 Å². The SMILES string of the molecule is CCOC(=O)NC(=O)c1ccsc1NC(=O)c1nc2ccncc2s1. The Balaban J connectivity index is 1.75. The number of thiophene rings is 1. The zero-order chi connectivity index (χ0) is 17.8. The highest BCUT2D eigenvalue weighted by Crippen LogP contribution is 2.26. The molecule has 8 nitrogen and oxygen atoms in total. The van der Waals surface area contributed by atoms with Crippen LogP contribution in [0, 0.1) is 0 Å². The topological polar surface area (TPSA) is 110 Å². The number of aromatic nitrogens is 2. The molecule has 0 aromatic carbocycles. The van der Waals surface area contributed by atoms with Crippen molar-refractivity contribution in [2.45, 2.75) is 6.92 Å². The number of alkyl carbamates (subject to hydrolysis) is 1. The first-order valence-electron chi connectivity index (χ1n) is 7.16. The lowest BCUT2D eigenvalue weighted by atomic mass is 10.3. The van der Waals surface area contributed by atoms with Gasteiger partial charge in [-0.05, 0) is 24.4 Å². The molecule has 0 saturated heterocycles. The third kappa shape index (κ3) is 3.80. The summed E-state index contributed by atoms with van der Waals surface area (Å²) in [5.74, 6) is -1.09. The molecule has 128 valence electrons. The van der Waals surface area contributed by atoms with E-state index >= 15 is 0 Å². The summed E-state index contributed by atoms with van der Waals surface area (Å²) in [4.78, 5) is 44.0. The summed E-state index contributed by atoms with van der Waals surface area (Å²) in [6.45, 7) is 1.78. The molecule has 0 fully saturated rings.